The summed E-state index contributed by atoms with van der Waals surface area (Å²) in [6, 6.07) is 5.61. The van der Waals surface area contributed by atoms with E-state index in [4.69, 9.17) is 5.73 Å². The Morgan fingerprint density at radius 3 is 2.78 bits per heavy atom. The number of para-hydroxylation sites is 1. The van der Waals surface area contributed by atoms with Crippen LogP contribution in [0.15, 0.2) is 18.2 Å². The molecule has 0 saturated carbocycles. The van der Waals surface area contributed by atoms with Crippen LogP contribution in [0.2, 0.25) is 0 Å². The van der Waals surface area contributed by atoms with Gasteiger partial charge in [-0.1, -0.05) is 19.1 Å². The fourth-order valence-corrected chi connectivity index (χ4v) is 2.75. The van der Waals surface area contributed by atoms with Gasteiger partial charge in [0, 0.05) is 32.2 Å². The minimum absolute atomic E-state index is 0.157. The summed E-state index contributed by atoms with van der Waals surface area (Å²) in [7, 11) is 0. The zero-order chi connectivity index (χ0) is 13.1. The quantitative estimate of drug-likeness (QED) is 0.889. The maximum Gasteiger partial charge on any atom is 0.146 e. The minimum atomic E-state index is -0.157. The topological polar surface area (TPSA) is 32.5 Å². The maximum atomic E-state index is 14.0. The summed E-state index contributed by atoms with van der Waals surface area (Å²) in [6.45, 7) is 8.51. The SMILES string of the molecule is CCN1CCN(c2c(F)cccc2CN)CC1C. The summed E-state index contributed by atoms with van der Waals surface area (Å²) >= 11 is 0. The van der Waals surface area contributed by atoms with E-state index >= 15 is 0 Å². The van der Waals surface area contributed by atoms with E-state index in [0.717, 1.165) is 31.7 Å². The van der Waals surface area contributed by atoms with Gasteiger partial charge in [-0.15, -0.1) is 0 Å². The van der Waals surface area contributed by atoms with Crippen LogP contribution in [0.3, 0.4) is 0 Å². The van der Waals surface area contributed by atoms with E-state index in [2.05, 4.69) is 23.6 Å². The van der Waals surface area contributed by atoms with E-state index in [0.29, 0.717) is 18.3 Å². The average Bonchev–Trinajstić information content (AvgIpc) is 2.38. The Morgan fingerprint density at radius 2 is 2.17 bits per heavy atom. The van der Waals surface area contributed by atoms with Crippen LogP contribution < -0.4 is 10.6 Å². The third-order valence-corrected chi connectivity index (χ3v) is 3.78. The van der Waals surface area contributed by atoms with Gasteiger partial charge in [-0.05, 0) is 25.1 Å². The van der Waals surface area contributed by atoms with E-state index < -0.39 is 0 Å². The van der Waals surface area contributed by atoms with Gasteiger partial charge in [0.05, 0.1) is 5.69 Å². The van der Waals surface area contributed by atoms with Crippen molar-refractivity contribution < 1.29 is 4.39 Å². The molecule has 0 aromatic heterocycles. The molecule has 0 radical (unpaired) electrons. The molecule has 1 aromatic rings. The van der Waals surface area contributed by atoms with Gasteiger partial charge in [0.2, 0.25) is 0 Å². The predicted molar refractivity (Wildman–Crippen MR) is 73.2 cm³/mol. The second kappa shape index (κ2) is 5.67. The van der Waals surface area contributed by atoms with E-state index in [9.17, 15) is 4.39 Å². The van der Waals surface area contributed by atoms with Crippen LogP contribution in [-0.4, -0.2) is 37.1 Å². The van der Waals surface area contributed by atoms with E-state index in [1.165, 1.54) is 6.07 Å². The van der Waals surface area contributed by atoms with Crippen LogP contribution in [0.25, 0.3) is 0 Å². The molecule has 1 heterocycles. The molecule has 0 spiro atoms. The lowest BCUT2D eigenvalue weighted by atomic mass is 10.1. The van der Waals surface area contributed by atoms with Crippen LogP contribution in [0.1, 0.15) is 19.4 Å². The molecule has 1 unspecified atom stereocenters. The lowest BCUT2D eigenvalue weighted by Gasteiger charge is -2.41. The Labute approximate surface area is 108 Å². The summed E-state index contributed by atoms with van der Waals surface area (Å²) in [5, 5.41) is 0. The molecule has 2 rings (SSSR count). The first kappa shape index (κ1) is 13.3. The fourth-order valence-electron chi connectivity index (χ4n) is 2.75. The normalized spacial score (nSPS) is 21.3. The average molecular weight is 251 g/mol. The molecular weight excluding hydrogens is 229 g/mol. The zero-order valence-electron chi connectivity index (χ0n) is 11.2. The molecule has 1 aliphatic heterocycles. The Bertz CT molecular complexity index is 408. The highest BCUT2D eigenvalue weighted by molar-refractivity contribution is 5.55. The molecule has 100 valence electrons. The van der Waals surface area contributed by atoms with Crippen molar-refractivity contribution in [1.29, 1.82) is 0 Å². The number of piperazine rings is 1. The van der Waals surface area contributed by atoms with Crippen molar-refractivity contribution in [3.63, 3.8) is 0 Å². The molecule has 2 N–H and O–H groups in total. The van der Waals surface area contributed by atoms with Gasteiger partial charge in [-0.25, -0.2) is 4.39 Å². The predicted octanol–water partition coefficient (Wildman–Crippen LogP) is 1.81. The first-order valence-electron chi connectivity index (χ1n) is 6.63. The number of anilines is 1. The van der Waals surface area contributed by atoms with Gasteiger partial charge in [0.25, 0.3) is 0 Å². The molecule has 18 heavy (non-hydrogen) atoms. The first-order chi connectivity index (χ1) is 8.67. The highest BCUT2D eigenvalue weighted by Crippen LogP contribution is 2.26. The zero-order valence-corrected chi connectivity index (χ0v) is 11.2. The number of likely N-dealkylation sites (N-methyl/N-ethyl adjacent to an activating group) is 1. The summed E-state index contributed by atoms with van der Waals surface area (Å²) in [5.41, 5.74) is 7.30. The fraction of sp³-hybridized carbons (Fsp3) is 0.571. The van der Waals surface area contributed by atoms with Crippen LogP contribution >= 0.6 is 0 Å². The second-order valence-corrected chi connectivity index (χ2v) is 4.88. The largest absolute Gasteiger partial charge is 0.366 e. The van der Waals surface area contributed by atoms with Gasteiger partial charge in [-0.3, -0.25) is 4.90 Å². The molecule has 1 aliphatic rings. The Morgan fingerprint density at radius 1 is 1.39 bits per heavy atom. The number of hydrogen-bond acceptors (Lipinski definition) is 3. The van der Waals surface area contributed by atoms with Gasteiger partial charge in [-0.2, -0.15) is 0 Å². The smallest absolute Gasteiger partial charge is 0.146 e. The highest BCUT2D eigenvalue weighted by Gasteiger charge is 2.25. The third kappa shape index (κ3) is 2.49. The van der Waals surface area contributed by atoms with Gasteiger partial charge in [0.1, 0.15) is 5.82 Å². The molecule has 0 aliphatic carbocycles. The van der Waals surface area contributed by atoms with E-state index in [1.54, 1.807) is 6.07 Å². The Hall–Kier alpha value is -1.13. The molecule has 1 atom stereocenters. The number of hydrogen-bond donors (Lipinski definition) is 1. The van der Waals surface area contributed by atoms with E-state index in [-0.39, 0.29) is 5.82 Å². The van der Waals surface area contributed by atoms with Crippen molar-refractivity contribution in [1.82, 2.24) is 4.90 Å². The number of nitrogens with two attached hydrogens (primary N) is 1. The molecule has 1 saturated heterocycles. The van der Waals surface area contributed by atoms with Crippen molar-refractivity contribution in [2.75, 3.05) is 31.1 Å². The molecular formula is C14H22FN3. The Kier molecular flexibility index (Phi) is 4.19. The summed E-state index contributed by atoms with van der Waals surface area (Å²) in [6.07, 6.45) is 0. The van der Waals surface area contributed by atoms with Crippen molar-refractivity contribution in [3.05, 3.63) is 29.6 Å². The highest BCUT2D eigenvalue weighted by atomic mass is 19.1. The lowest BCUT2D eigenvalue weighted by Crippen LogP contribution is -2.52. The molecule has 1 aromatic carbocycles. The molecule has 0 amide bonds. The van der Waals surface area contributed by atoms with Crippen LogP contribution in [0, 0.1) is 5.82 Å². The monoisotopic (exact) mass is 251 g/mol. The standard InChI is InChI=1S/C14H22FN3/c1-3-17-7-8-18(10-11(17)2)14-12(9-16)5-4-6-13(14)15/h4-6,11H,3,7-10,16H2,1-2H3. The summed E-state index contributed by atoms with van der Waals surface area (Å²) in [5.74, 6) is -0.157. The number of rotatable bonds is 3. The number of nitrogens with zero attached hydrogens (tertiary/aromatic N) is 2. The Balaban J connectivity index is 2.23. The third-order valence-electron chi connectivity index (χ3n) is 3.78. The van der Waals surface area contributed by atoms with E-state index in [1.807, 2.05) is 6.07 Å². The molecule has 0 bridgehead atoms. The lowest BCUT2D eigenvalue weighted by molar-refractivity contribution is 0.199. The summed E-state index contributed by atoms with van der Waals surface area (Å²) in [4.78, 5) is 4.55. The maximum absolute atomic E-state index is 14.0. The number of benzene rings is 1. The van der Waals surface area contributed by atoms with Gasteiger partial charge < -0.3 is 10.6 Å². The molecule has 1 fully saturated rings. The van der Waals surface area contributed by atoms with Crippen molar-refractivity contribution in [2.45, 2.75) is 26.4 Å². The second-order valence-electron chi connectivity index (χ2n) is 4.88. The minimum Gasteiger partial charge on any atom is -0.366 e. The van der Waals surface area contributed by atoms with Crippen LogP contribution in [-0.2, 0) is 6.54 Å². The van der Waals surface area contributed by atoms with Crippen LogP contribution in [0.4, 0.5) is 10.1 Å². The number of halogens is 1. The van der Waals surface area contributed by atoms with Crippen molar-refractivity contribution in [3.8, 4) is 0 Å². The van der Waals surface area contributed by atoms with Gasteiger partial charge >= 0.3 is 0 Å². The van der Waals surface area contributed by atoms with Crippen molar-refractivity contribution >= 4 is 5.69 Å². The van der Waals surface area contributed by atoms with Crippen molar-refractivity contribution in [2.24, 2.45) is 5.73 Å². The first-order valence-corrected chi connectivity index (χ1v) is 6.63. The molecule has 4 heteroatoms. The molecule has 3 nitrogen and oxygen atoms in total. The summed E-state index contributed by atoms with van der Waals surface area (Å²) < 4.78 is 14.0. The van der Waals surface area contributed by atoms with Crippen LogP contribution in [0.5, 0.6) is 0 Å². The van der Waals surface area contributed by atoms with Gasteiger partial charge in [0.15, 0.2) is 0 Å².